The number of hydrogen-bond donors (Lipinski definition) is 3. The Morgan fingerprint density at radius 3 is 2.14 bits per heavy atom. The van der Waals surface area contributed by atoms with Crippen molar-refractivity contribution in [3.05, 3.63) is 59.2 Å². The van der Waals surface area contributed by atoms with Crippen LogP contribution < -0.4 is 10.6 Å². The number of fused-ring (bicyclic) bond motifs is 7. The number of aliphatic carboxylic acids is 1. The van der Waals surface area contributed by atoms with E-state index in [0.717, 1.165) is 67.5 Å². The van der Waals surface area contributed by atoms with Crippen molar-refractivity contribution in [2.45, 2.75) is 164 Å². The SMILES string of the molecule is Cc1cn(-c2ccc(C(=O)NC(C)(C)C(=O)N[C@@]34CC[C@]5(C)[C@H](CC[C@@H]6[C@@]7(C)CC[C@H](OC(=O)C8C[C@@H](C(=O)O)C8(C)C)C(C)(C)[C@@H]7CC[C@]65C)C3=C(C(C)C)C(=O)C4)cc2)cn1. The molecule has 0 aliphatic heterocycles. The summed E-state index contributed by atoms with van der Waals surface area (Å²) in [5.41, 5.74) is 1.16. The van der Waals surface area contributed by atoms with Gasteiger partial charge >= 0.3 is 11.9 Å². The average Bonchev–Trinajstić information content (AvgIpc) is 3.75. The van der Waals surface area contributed by atoms with Gasteiger partial charge in [-0.1, -0.05) is 62.3 Å². The van der Waals surface area contributed by atoms with Gasteiger partial charge in [0.05, 0.1) is 29.4 Å². The molecule has 11 heteroatoms. The number of Topliss-reactive ketones (excluding diaryl/α,β-unsaturated/α-hetero) is 1. The van der Waals surface area contributed by atoms with Crippen LogP contribution in [0.1, 0.15) is 156 Å². The summed E-state index contributed by atoms with van der Waals surface area (Å²) >= 11 is 0. The van der Waals surface area contributed by atoms with E-state index in [4.69, 9.17) is 4.74 Å². The van der Waals surface area contributed by atoms with E-state index in [-0.39, 0.29) is 69.6 Å². The van der Waals surface area contributed by atoms with Gasteiger partial charge in [-0.15, -0.1) is 0 Å². The fraction of sp³-hybridized carbons (Fsp3) is 0.692. The molecule has 0 spiro atoms. The molecular weight excluding hydrogens is 793 g/mol. The van der Waals surface area contributed by atoms with Gasteiger partial charge in [0.15, 0.2) is 5.78 Å². The molecule has 2 amide bonds. The number of benzene rings is 1. The van der Waals surface area contributed by atoms with Crippen molar-refractivity contribution in [3.63, 3.8) is 0 Å². The number of imidazole rings is 1. The number of ether oxygens (including phenoxy) is 1. The number of carbonyl (C=O) groups excluding carboxylic acids is 4. The summed E-state index contributed by atoms with van der Waals surface area (Å²) in [4.78, 5) is 72.3. The lowest BCUT2D eigenvalue weighted by molar-refractivity contribution is -0.235. The van der Waals surface area contributed by atoms with Gasteiger partial charge in [0, 0.05) is 29.3 Å². The summed E-state index contributed by atoms with van der Waals surface area (Å²) in [5.74, 6) is -1.65. The molecule has 6 aliphatic carbocycles. The topological polar surface area (TPSA) is 157 Å². The summed E-state index contributed by atoms with van der Waals surface area (Å²) < 4.78 is 8.32. The summed E-state index contributed by atoms with van der Waals surface area (Å²) in [6, 6.07) is 7.22. The van der Waals surface area contributed by atoms with Gasteiger partial charge in [-0.3, -0.25) is 24.0 Å². The molecule has 1 aromatic heterocycles. The third kappa shape index (κ3) is 6.77. The van der Waals surface area contributed by atoms with Gasteiger partial charge < -0.3 is 25.0 Å². The Morgan fingerprint density at radius 1 is 0.857 bits per heavy atom. The normalized spacial score (nSPS) is 36.6. The van der Waals surface area contributed by atoms with E-state index >= 15 is 0 Å². The Bertz CT molecular complexity index is 2270. The number of rotatable bonds is 9. The Balaban J connectivity index is 1.01. The van der Waals surface area contributed by atoms with Gasteiger partial charge in [-0.05, 0) is 159 Å². The average molecular weight is 865 g/mol. The molecule has 5 saturated carbocycles. The van der Waals surface area contributed by atoms with E-state index in [1.165, 1.54) is 0 Å². The van der Waals surface area contributed by atoms with Crippen LogP contribution in [0.2, 0.25) is 0 Å². The summed E-state index contributed by atoms with van der Waals surface area (Å²) in [5, 5.41) is 16.2. The van der Waals surface area contributed by atoms with Crippen molar-refractivity contribution < 1.29 is 33.8 Å². The number of esters is 1. The maximum absolute atomic E-state index is 14.6. The second kappa shape index (κ2) is 14.9. The molecule has 11 nitrogen and oxygen atoms in total. The molecule has 1 aromatic carbocycles. The predicted octanol–water partition coefficient (Wildman–Crippen LogP) is 9.20. The van der Waals surface area contributed by atoms with Gasteiger partial charge in [0.1, 0.15) is 11.6 Å². The molecule has 10 atom stereocenters. The molecule has 8 rings (SSSR count). The first-order valence-corrected chi connectivity index (χ1v) is 23.7. The molecule has 0 bridgehead atoms. The molecule has 0 saturated heterocycles. The lowest BCUT2D eigenvalue weighted by atomic mass is 9.33. The minimum absolute atomic E-state index is 0.00800. The molecule has 342 valence electrons. The molecular formula is C52H72N4O7. The van der Waals surface area contributed by atoms with Crippen molar-refractivity contribution in [2.75, 3.05) is 0 Å². The summed E-state index contributed by atoms with van der Waals surface area (Å²) in [6.45, 7) is 25.5. The highest BCUT2D eigenvalue weighted by Crippen LogP contribution is 2.76. The van der Waals surface area contributed by atoms with Gasteiger partial charge in [0.2, 0.25) is 5.91 Å². The zero-order valence-electron chi connectivity index (χ0n) is 39.9. The number of carbonyl (C=O) groups is 5. The fourth-order valence-corrected chi connectivity index (χ4v) is 15.0. The lowest BCUT2D eigenvalue weighted by Crippen LogP contribution is -2.68. The largest absolute Gasteiger partial charge is 0.481 e. The number of carboxylic acid groups (broad SMARTS) is 1. The minimum atomic E-state index is -1.26. The van der Waals surface area contributed by atoms with E-state index in [0.29, 0.717) is 30.2 Å². The molecule has 3 N–H and O–H groups in total. The first-order chi connectivity index (χ1) is 29.2. The van der Waals surface area contributed by atoms with E-state index in [9.17, 15) is 29.1 Å². The Hall–Kier alpha value is -4.28. The maximum Gasteiger partial charge on any atom is 0.309 e. The third-order valence-electron chi connectivity index (χ3n) is 19.0. The smallest absolute Gasteiger partial charge is 0.309 e. The highest BCUT2D eigenvalue weighted by Gasteiger charge is 2.71. The molecule has 0 radical (unpaired) electrons. The van der Waals surface area contributed by atoms with Crippen LogP contribution in [0.5, 0.6) is 0 Å². The summed E-state index contributed by atoms with van der Waals surface area (Å²) in [7, 11) is 0. The number of allylic oxidation sites excluding steroid dienone is 1. The third-order valence-corrected chi connectivity index (χ3v) is 19.0. The van der Waals surface area contributed by atoms with Crippen LogP contribution in [0.15, 0.2) is 47.9 Å². The van der Waals surface area contributed by atoms with Crippen LogP contribution >= 0.6 is 0 Å². The summed E-state index contributed by atoms with van der Waals surface area (Å²) in [6.07, 6.45) is 11.3. The molecule has 1 heterocycles. The fourth-order valence-electron chi connectivity index (χ4n) is 15.0. The van der Waals surface area contributed by atoms with Crippen LogP contribution in [0, 0.1) is 69.5 Å². The molecule has 5 fully saturated rings. The Morgan fingerprint density at radius 2 is 1.54 bits per heavy atom. The second-order valence-corrected chi connectivity index (χ2v) is 23.6. The minimum Gasteiger partial charge on any atom is -0.481 e. The van der Waals surface area contributed by atoms with Crippen LogP contribution in [0.3, 0.4) is 0 Å². The first kappa shape index (κ1) is 45.3. The van der Waals surface area contributed by atoms with Crippen LogP contribution in [-0.4, -0.2) is 61.4 Å². The van der Waals surface area contributed by atoms with E-state index in [1.807, 2.05) is 43.7 Å². The monoisotopic (exact) mass is 865 g/mol. The first-order valence-electron chi connectivity index (χ1n) is 23.7. The molecule has 6 aliphatic rings. The van der Waals surface area contributed by atoms with E-state index < -0.39 is 34.3 Å². The number of aryl methyl sites for hydroxylation is 1. The zero-order chi connectivity index (χ0) is 46.0. The predicted molar refractivity (Wildman–Crippen MR) is 241 cm³/mol. The number of aromatic nitrogens is 2. The van der Waals surface area contributed by atoms with Crippen molar-refractivity contribution in [3.8, 4) is 5.69 Å². The van der Waals surface area contributed by atoms with Crippen LogP contribution in [-0.2, 0) is 23.9 Å². The highest BCUT2D eigenvalue weighted by molar-refractivity contribution is 6.03. The van der Waals surface area contributed by atoms with Gasteiger partial charge in [-0.25, -0.2) is 4.98 Å². The van der Waals surface area contributed by atoms with Crippen molar-refractivity contribution in [1.82, 2.24) is 20.2 Å². The van der Waals surface area contributed by atoms with Crippen LogP contribution in [0.4, 0.5) is 0 Å². The lowest BCUT2D eigenvalue weighted by Gasteiger charge is -2.72. The van der Waals surface area contributed by atoms with Crippen molar-refractivity contribution in [1.29, 1.82) is 0 Å². The molecule has 63 heavy (non-hydrogen) atoms. The highest BCUT2D eigenvalue weighted by atomic mass is 16.5. The standard InChI is InChI=1S/C52H72N4O7/c1-29(2)40-36(57)26-52(55-45(62)48(8,9)54-42(58)31-13-15-32(16-14-31)56-27-30(3)53-28-56)24-23-50(11)33(41(40)52)17-18-38-49(10)21-20-39(47(6,7)37(49)19-22-51(38,50)12)63-44(61)35-25-34(43(59)60)46(35,4)5/h13-16,27-29,33-35,37-39H,17-26H2,1-12H3,(H,54,58)(H,55,62)(H,59,60)/t33-,34+,35?,37+,38-,39+,49+,50-,51-,52-/m1/s1. The van der Waals surface area contributed by atoms with Gasteiger partial charge in [0.25, 0.3) is 5.91 Å². The number of hydrogen-bond acceptors (Lipinski definition) is 7. The zero-order valence-corrected chi connectivity index (χ0v) is 39.9. The Kier molecular flexibility index (Phi) is 10.7. The quantitative estimate of drug-likeness (QED) is 0.211. The number of carboxylic acids is 1. The molecule has 2 aromatic rings. The van der Waals surface area contributed by atoms with E-state index in [1.54, 1.807) is 32.3 Å². The van der Waals surface area contributed by atoms with Crippen molar-refractivity contribution >= 4 is 29.5 Å². The van der Waals surface area contributed by atoms with Gasteiger partial charge in [-0.2, -0.15) is 0 Å². The van der Waals surface area contributed by atoms with Crippen molar-refractivity contribution in [2.24, 2.45) is 62.6 Å². The second-order valence-electron chi connectivity index (χ2n) is 23.6. The number of nitrogens with one attached hydrogen (secondary N) is 2. The number of nitrogens with zero attached hydrogens (tertiary/aromatic N) is 2. The number of ketones is 1. The Labute approximate surface area is 374 Å². The maximum atomic E-state index is 14.6. The molecule has 1 unspecified atom stereocenters. The number of amides is 2. The van der Waals surface area contributed by atoms with Crippen LogP contribution in [0.25, 0.3) is 5.69 Å². The van der Waals surface area contributed by atoms with E-state index in [2.05, 4.69) is 64.1 Å².